The van der Waals surface area contributed by atoms with Gasteiger partial charge in [-0.25, -0.2) is 4.98 Å². The van der Waals surface area contributed by atoms with E-state index in [1.165, 1.54) is 12.4 Å². The predicted octanol–water partition coefficient (Wildman–Crippen LogP) is 5.67. The maximum Gasteiger partial charge on any atom is 0.246 e. The number of nitrogens with two attached hydrogens (primary N) is 1. The fraction of sp³-hybridized carbons (Fsp3) is 0.0952. The summed E-state index contributed by atoms with van der Waals surface area (Å²) in [5.41, 5.74) is 8.94. The second-order valence-corrected chi connectivity index (χ2v) is 7.20. The fourth-order valence-corrected chi connectivity index (χ4v) is 3.66. The summed E-state index contributed by atoms with van der Waals surface area (Å²) in [6.07, 6.45) is 2.59. The number of nitrogens with zero attached hydrogens (tertiary/aromatic N) is 2. The molecule has 0 aliphatic heterocycles. The molecule has 2 aromatic carbocycles. The van der Waals surface area contributed by atoms with Crippen LogP contribution >= 0.6 is 23.2 Å². The molecule has 0 saturated carbocycles. The quantitative estimate of drug-likeness (QED) is 0.316. The molecular weight excluding hydrogens is 411 g/mol. The molecule has 0 aliphatic carbocycles. The van der Waals surface area contributed by atoms with Crippen molar-refractivity contribution in [1.29, 1.82) is 5.41 Å². The summed E-state index contributed by atoms with van der Waals surface area (Å²) in [5.74, 6) is 0.690. The van der Waals surface area contributed by atoms with E-state index in [1.807, 2.05) is 25.1 Å². The Kier molecular flexibility index (Phi) is 5.13. The summed E-state index contributed by atoms with van der Waals surface area (Å²) in [7, 11) is 0. The average molecular weight is 427 g/mol. The number of hydrogen-bond donors (Lipinski definition) is 2. The van der Waals surface area contributed by atoms with Gasteiger partial charge in [0.1, 0.15) is 23.1 Å². The number of para-hydroxylation sites is 2. The van der Waals surface area contributed by atoms with Gasteiger partial charge in [0.2, 0.25) is 5.89 Å². The second-order valence-electron chi connectivity index (χ2n) is 6.39. The first-order chi connectivity index (χ1) is 13.9. The highest BCUT2D eigenvalue weighted by molar-refractivity contribution is 6.35. The van der Waals surface area contributed by atoms with E-state index in [2.05, 4.69) is 9.97 Å². The highest BCUT2D eigenvalue weighted by atomic mass is 35.5. The van der Waals surface area contributed by atoms with E-state index < -0.39 is 6.10 Å². The van der Waals surface area contributed by atoms with Crippen molar-refractivity contribution >= 4 is 45.7 Å². The Hall–Kier alpha value is -3.09. The molecule has 146 valence electrons. The van der Waals surface area contributed by atoms with Crippen molar-refractivity contribution < 1.29 is 9.15 Å². The van der Waals surface area contributed by atoms with Crippen molar-refractivity contribution in [1.82, 2.24) is 9.97 Å². The molecule has 2 aromatic heterocycles. The molecule has 8 heteroatoms. The lowest BCUT2D eigenvalue weighted by Crippen LogP contribution is -2.09. The molecule has 1 unspecified atom stereocenters. The van der Waals surface area contributed by atoms with Crippen LogP contribution in [0.3, 0.4) is 0 Å². The largest absolute Gasteiger partial charge is 0.486 e. The number of aromatic nitrogens is 2. The van der Waals surface area contributed by atoms with Gasteiger partial charge in [0.05, 0.1) is 10.0 Å². The Morgan fingerprint density at radius 2 is 1.86 bits per heavy atom. The number of halogens is 2. The lowest BCUT2D eigenvalue weighted by Gasteiger charge is -2.18. The minimum Gasteiger partial charge on any atom is -0.486 e. The van der Waals surface area contributed by atoms with Gasteiger partial charge in [0.25, 0.3) is 0 Å². The van der Waals surface area contributed by atoms with Crippen LogP contribution in [0.25, 0.3) is 11.1 Å². The first kappa shape index (κ1) is 19.2. The number of nitrogens with one attached hydrogen (secondary N) is 1. The first-order valence-electron chi connectivity index (χ1n) is 8.74. The molecule has 0 saturated heterocycles. The molecule has 29 heavy (non-hydrogen) atoms. The van der Waals surface area contributed by atoms with Gasteiger partial charge in [-0.1, -0.05) is 35.3 Å². The van der Waals surface area contributed by atoms with Gasteiger partial charge in [-0.05, 0) is 37.3 Å². The Morgan fingerprint density at radius 1 is 1.14 bits per heavy atom. The smallest absolute Gasteiger partial charge is 0.246 e. The summed E-state index contributed by atoms with van der Waals surface area (Å²) in [6.45, 7) is 1.83. The van der Waals surface area contributed by atoms with Crippen LogP contribution < -0.4 is 10.5 Å². The number of fused-ring (bicyclic) bond motifs is 1. The Balaban J connectivity index is 1.64. The number of benzene rings is 2. The molecular formula is C21H16Cl2N4O2. The van der Waals surface area contributed by atoms with E-state index in [-0.39, 0.29) is 11.6 Å². The minimum atomic E-state index is -0.437. The summed E-state index contributed by atoms with van der Waals surface area (Å²) in [6, 6.07) is 12.4. The van der Waals surface area contributed by atoms with E-state index >= 15 is 0 Å². The van der Waals surface area contributed by atoms with E-state index in [0.717, 1.165) is 0 Å². The molecule has 0 radical (unpaired) electrons. The van der Waals surface area contributed by atoms with Crippen LogP contribution in [-0.2, 0) is 0 Å². The monoisotopic (exact) mass is 426 g/mol. The van der Waals surface area contributed by atoms with Gasteiger partial charge in [-0.3, -0.25) is 10.4 Å². The molecule has 0 aliphatic rings. The van der Waals surface area contributed by atoms with Crippen molar-refractivity contribution in [3.05, 3.63) is 81.9 Å². The van der Waals surface area contributed by atoms with Gasteiger partial charge in [0, 0.05) is 29.2 Å². The van der Waals surface area contributed by atoms with Gasteiger partial charge >= 0.3 is 0 Å². The van der Waals surface area contributed by atoms with Crippen molar-refractivity contribution in [2.45, 2.75) is 13.0 Å². The first-order valence-corrected chi connectivity index (χ1v) is 9.49. The predicted molar refractivity (Wildman–Crippen MR) is 114 cm³/mol. The average Bonchev–Trinajstić information content (AvgIpc) is 3.13. The number of rotatable bonds is 5. The number of anilines is 1. The molecule has 6 nitrogen and oxygen atoms in total. The van der Waals surface area contributed by atoms with E-state index in [1.54, 1.807) is 24.3 Å². The third kappa shape index (κ3) is 3.77. The Bertz CT molecular complexity index is 1170. The standard InChI is InChI=1S/C21H16Cl2N4O2/c1-11(19-14(22)9-26-10-15(19)23)28-12-6-7-16(24)13(8-12)20(25)21-27-17-4-2-3-5-18(17)29-21/h2-11,25H,24H2,1H3. The van der Waals surface area contributed by atoms with Crippen molar-refractivity contribution in [2.24, 2.45) is 0 Å². The zero-order valence-corrected chi connectivity index (χ0v) is 16.8. The molecule has 0 bridgehead atoms. The molecule has 1 atom stereocenters. The van der Waals surface area contributed by atoms with Crippen LogP contribution in [0.2, 0.25) is 10.0 Å². The lowest BCUT2D eigenvalue weighted by atomic mass is 10.1. The van der Waals surface area contributed by atoms with Gasteiger partial charge in [0.15, 0.2) is 5.58 Å². The zero-order valence-electron chi connectivity index (χ0n) is 15.3. The van der Waals surface area contributed by atoms with Gasteiger partial charge in [-0.15, -0.1) is 0 Å². The number of ether oxygens (including phenoxy) is 1. The summed E-state index contributed by atoms with van der Waals surface area (Å²) in [5, 5.41) is 9.35. The van der Waals surface area contributed by atoms with Gasteiger partial charge < -0.3 is 14.9 Å². The summed E-state index contributed by atoms with van der Waals surface area (Å²) >= 11 is 12.4. The maximum absolute atomic E-state index is 8.51. The number of hydrogen-bond acceptors (Lipinski definition) is 6. The van der Waals surface area contributed by atoms with Crippen LogP contribution in [0.15, 0.2) is 59.3 Å². The number of nitrogen functional groups attached to an aromatic ring is 1. The van der Waals surface area contributed by atoms with Gasteiger partial charge in [-0.2, -0.15) is 0 Å². The van der Waals surface area contributed by atoms with Crippen LogP contribution in [0, 0.1) is 5.41 Å². The van der Waals surface area contributed by atoms with Crippen LogP contribution in [-0.4, -0.2) is 15.7 Å². The van der Waals surface area contributed by atoms with Crippen LogP contribution in [0.5, 0.6) is 5.75 Å². The Labute approximate surface area is 176 Å². The topological polar surface area (TPSA) is 98.0 Å². The molecule has 2 heterocycles. The summed E-state index contributed by atoms with van der Waals surface area (Å²) in [4.78, 5) is 8.31. The van der Waals surface area contributed by atoms with E-state index in [9.17, 15) is 0 Å². The highest BCUT2D eigenvalue weighted by Crippen LogP contribution is 2.33. The second kappa shape index (κ2) is 7.73. The number of pyridine rings is 1. The third-order valence-electron chi connectivity index (χ3n) is 4.41. The van der Waals surface area contributed by atoms with E-state index in [0.29, 0.717) is 43.7 Å². The maximum atomic E-state index is 8.51. The molecule has 4 aromatic rings. The molecule has 4 rings (SSSR count). The number of oxazole rings is 1. The third-order valence-corrected chi connectivity index (χ3v) is 5.01. The zero-order chi connectivity index (χ0) is 20.5. The summed E-state index contributed by atoms with van der Waals surface area (Å²) < 4.78 is 11.7. The molecule has 0 fully saturated rings. The van der Waals surface area contributed by atoms with Crippen molar-refractivity contribution in [3.8, 4) is 5.75 Å². The normalized spacial score (nSPS) is 12.1. The highest BCUT2D eigenvalue weighted by Gasteiger charge is 2.19. The van der Waals surface area contributed by atoms with E-state index in [4.69, 9.17) is 43.5 Å². The molecule has 0 spiro atoms. The molecule has 3 N–H and O–H groups in total. The SMILES string of the molecule is CC(Oc1ccc(N)c(C(=N)c2nc3ccccc3o2)c1)c1c(Cl)cncc1Cl. The fourth-order valence-electron chi connectivity index (χ4n) is 2.99. The Morgan fingerprint density at radius 3 is 2.59 bits per heavy atom. The minimum absolute atomic E-state index is 0.0665. The lowest BCUT2D eigenvalue weighted by molar-refractivity contribution is 0.227. The van der Waals surface area contributed by atoms with Crippen LogP contribution in [0.1, 0.15) is 30.0 Å². The van der Waals surface area contributed by atoms with Crippen LogP contribution in [0.4, 0.5) is 5.69 Å². The molecule has 0 amide bonds. The van der Waals surface area contributed by atoms with Crippen molar-refractivity contribution in [3.63, 3.8) is 0 Å². The van der Waals surface area contributed by atoms with Crippen molar-refractivity contribution in [2.75, 3.05) is 5.73 Å².